The third-order valence-corrected chi connectivity index (χ3v) is 5.78. The zero-order valence-corrected chi connectivity index (χ0v) is 14.0. The molecule has 4 rings (SSSR count). The van der Waals surface area contributed by atoms with Gasteiger partial charge in [-0.05, 0) is 54.8 Å². The minimum Gasteiger partial charge on any atom is -0.347 e. The van der Waals surface area contributed by atoms with E-state index in [0.717, 1.165) is 18.2 Å². The van der Waals surface area contributed by atoms with Gasteiger partial charge in [-0.3, -0.25) is 4.79 Å². The molecule has 2 aliphatic rings. The molecule has 0 spiro atoms. The maximum absolute atomic E-state index is 12.4. The number of hydrogen-bond donors (Lipinski definition) is 2. The number of amides is 1. The van der Waals surface area contributed by atoms with Crippen LogP contribution in [0.4, 0.5) is 0 Å². The van der Waals surface area contributed by atoms with E-state index in [0.29, 0.717) is 6.54 Å². The van der Waals surface area contributed by atoms with Gasteiger partial charge in [0.25, 0.3) is 5.91 Å². The molecular weight excluding hydrogens is 304 g/mol. The van der Waals surface area contributed by atoms with Crippen LogP contribution in [-0.2, 0) is 12.0 Å². The van der Waals surface area contributed by atoms with Gasteiger partial charge in [-0.25, -0.2) is 0 Å². The lowest BCUT2D eigenvalue weighted by Gasteiger charge is -2.17. The van der Waals surface area contributed by atoms with Crippen molar-refractivity contribution in [1.82, 2.24) is 10.6 Å². The zero-order chi connectivity index (χ0) is 15.7. The minimum absolute atomic E-state index is 0.0196. The first-order valence-corrected chi connectivity index (χ1v) is 9.28. The van der Waals surface area contributed by atoms with Gasteiger partial charge in [0, 0.05) is 28.4 Å². The molecule has 1 amide bonds. The van der Waals surface area contributed by atoms with E-state index in [4.69, 9.17) is 0 Å². The van der Waals surface area contributed by atoms with Crippen LogP contribution in [0.2, 0.25) is 0 Å². The van der Waals surface area contributed by atoms with Crippen molar-refractivity contribution in [3.8, 4) is 0 Å². The second kappa shape index (κ2) is 6.10. The van der Waals surface area contributed by atoms with Crippen molar-refractivity contribution in [1.29, 1.82) is 0 Å². The lowest BCUT2D eigenvalue weighted by molar-refractivity contribution is 0.0951. The predicted octanol–water partition coefficient (Wildman–Crippen LogP) is 3.46. The first-order chi connectivity index (χ1) is 11.3. The molecule has 1 heterocycles. The van der Waals surface area contributed by atoms with Crippen molar-refractivity contribution < 1.29 is 4.79 Å². The molecule has 0 saturated heterocycles. The average molecular weight is 326 g/mol. The molecule has 2 saturated carbocycles. The summed E-state index contributed by atoms with van der Waals surface area (Å²) in [6.45, 7) is 1.66. The van der Waals surface area contributed by atoms with Gasteiger partial charge in [-0.2, -0.15) is 0 Å². The first kappa shape index (κ1) is 14.9. The maximum atomic E-state index is 12.4. The van der Waals surface area contributed by atoms with E-state index < -0.39 is 0 Å². The van der Waals surface area contributed by atoms with Crippen LogP contribution in [0.15, 0.2) is 41.8 Å². The number of thiophene rings is 1. The molecule has 120 valence electrons. The Bertz CT molecular complexity index is 687. The van der Waals surface area contributed by atoms with Crippen LogP contribution in [-0.4, -0.2) is 18.5 Å². The summed E-state index contributed by atoms with van der Waals surface area (Å²) >= 11 is 1.67. The molecule has 0 radical (unpaired) electrons. The monoisotopic (exact) mass is 326 g/mol. The summed E-state index contributed by atoms with van der Waals surface area (Å²) in [6, 6.07) is 13.0. The second-order valence-corrected chi connectivity index (χ2v) is 7.81. The van der Waals surface area contributed by atoms with Crippen molar-refractivity contribution in [3.63, 3.8) is 0 Å². The fourth-order valence-electron chi connectivity index (χ4n) is 3.02. The number of carbonyl (C=O) groups excluding carboxylic acids is 1. The SMILES string of the molecule is O=C(NCc1cccs1)c1cccc(C2(CNC3CC3)CC2)c1. The Morgan fingerprint density at radius 3 is 2.78 bits per heavy atom. The van der Waals surface area contributed by atoms with Crippen LogP contribution < -0.4 is 10.6 Å². The molecule has 0 aliphatic heterocycles. The predicted molar refractivity (Wildman–Crippen MR) is 93.9 cm³/mol. The van der Waals surface area contributed by atoms with E-state index in [9.17, 15) is 4.79 Å². The highest BCUT2D eigenvalue weighted by Gasteiger charge is 2.44. The Morgan fingerprint density at radius 1 is 1.22 bits per heavy atom. The van der Waals surface area contributed by atoms with Crippen molar-refractivity contribution in [2.24, 2.45) is 0 Å². The molecule has 0 bridgehead atoms. The van der Waals surface area contributed by atoms with Crippen LogP contribution in [0.5, 0.6) is 0 Å². The van der Waals surface area contributed by atoms with Crippen molar-refractivity contribution in [2.75, 3.05) is 6.54 Å². The number of rotatable bonds is 7. The first-order valence-electron chi connectivity index (χ1n) is 8.40. The minimum atomic E-state index is 0.0196. The molecule has 4 heteroatoms. The normalized spacial score (nSPS) is 18.6. The molecule has 2 aromatic rings. The highest BCUT2D eigenvalue weighted by molar-refractivity contribution is 7.09. The molecule has 1 aromatic carbocycles. The summed E-state index contributed by atoms with van der Waals surface area (Å²) in [5.41, 5.74) is 2.36. The van der Waals surface area contributed by atoms with Gasteiger partial charge in [0.2, 0.25) is 0 Å². The summed E-state index contributed by atoms with van der Waals surface area (Å²) < 4.78 is 0. The van der Waals surface area contributed by atoms with E-state index in [-0.39, 0.29) is 11.3 Å². The van der Waals surface area contributed by atoms with Crippen LogP contribution >= 0.6 is 11.3 Å². The second-order valence-electron chi connectivity index (χ2n) is 6.78. The Hall–Kier alpha value is -1.65. The average Bonchev–Trinajstić information content (AvgIpc) is 3.50. The quantitative estimate of drug-likeness (QED) is 0.818. The number of nitrogens with one attached hydrogen (secondary N) is 2. The summed E-state index contributed by atoms with van der Waals surface area (Å²) in [5, 5.41) is 8.70. The van der Waals surface area contributed by atoms with Gasteiger partial charge in [-0.1, -0.05) is 18.2 Å². The Morgan fingerprint density at radius 2 is 2.09 bits per heavy atom. The summed E-state index contributed by atoms with van der Waals surface area (Å²) in [6.07, 6.45) is 5.10. The van der Waals surface area contributed by atoms with E-state index in [1.165, 1.54) is 36.1 Å². The van der Waals surface area contributed by atoms with E-state index in [1.807, 2.05) is 29.6 Å². The number of hydrogen-bond acceptors (Lipinski definition) is 3. The van der Waals surface area contributed by atoms with E-state index in [2.05, 4.69) is 22.8 Å². The smallest absolute Gasteiger partial charge is 0.251 e. The third-order valence-electron chi connectivity index (χ3n) is 4.90. The summed E-state index contributed by atoms with van der Waals surface area (Å²) in [4.78, 5) is 13.6. The highest BCUT2D eigenvalue weighted by atomic mass is 32.1. The maximum Gasteiger partial charge on any atom is 0.251 e. The lowest BCUT2D eigenvalue weighted by Crippen LogP contribution is -2.29. The fraction of sp³-hybridized carbons (Fsp3) is 0.421. The third kappa shape index (κ3) is 3.48. The molecular formula is C19H22N2OS. The van der Waals surface area contributed by atoms with Crippen molar-refractivity contribution in [3.05, 3.63) is 57.8 Å². The molecule has 2 fully saturated rings. The largest absolute Gasteiger partial charge is 0.347 e. The molecule has 0 atom stereocenters. The highest BCUT2D eigenvalue weighted by Crippen LogP contribution is 2.48. The van der Waals surface area contributed by atoms with Gasteiger partial charge in [0.05, 0.1) is 6.54 Å². The summed E-state index contributed by atoms with van der Waals surface area (Å²) in [5.74, 6) is 0.0196. The fourth-order valence-corrected chi connectivity index (χ4v) is 3.66. The van der Waals surface area contributed by atoms with Gasteiger partial charge >= 0.3 is 0 Å². The molecule has 23 heavy (non-hydrogen) atoms. The standard InChI is InChI=1S/C19H22N2OS/c22-18(20-12-17-5-2-10-23-17)14-3-1-4-15(11-14)19(8-9-19)13-21-16-6-7-16/h1-5,10-11,16,21H,6-9,12-13H2,(H,20,22). The summed E-state index contributed by atoms with van der Waals surface area (Å²) in [7, 11) is 0. The van der Waals surface area contributed by atoms with Crippen LogP contribution in [0.25, 0.3) is 0 Å². The van der Waals surface area contributed by atoms with Crippen LogP contribution in [0.3, 0.4) is 0 Å². The number of benzene rings is 1. The van der Waals surface area contributed by atoms with Crippen LogP contribution in [0, 0.1) is 0 Å². The van der Waals surface area contributed by atoms with Gasteiger partial charge in [0.1, 0.15) is 0 Å². The lowest BCUT2D eigenvalue weighted by atomic mass is 9.94. The van der Waals surface area contributed by atoms with Gasteiger partial charge in [0.15, 0.2) is 0 Å². The Kier molecular flexibility index (Phi) is 3.95. The number of carbonyl (C=O) groups is 1. The topological polar surface area (TPSA) is 41.1 Å². The van der Waals surface area contributed by atoms with E-state index in [1.54, 1.807) is 11.3 Å². The molecule has 0 unspecified atom stereocenters. The van der Waals surface area contributed by atoms with Crippen molar-refractivity contribution in [2.45, 2.75) is 43.7 Å². The van der Waals surface area contributed by atoms with E-state index >= 15 is 0 Å². The zero-order valence-electron chi connectivity index (χ0n) is 13.2. The molecule has 2 N–H and O–H groups in total. The van der Waals surface area contributed by atoms with Gasteiger partial charge < -0.3 is 10.6 Å². The van der Waals surface area contributed by atoms with Gasteiger partial charge in [-0.15, -0.1) is 11.3 Å². The van der Waals surface area contributed by atoms with Crippen LogP contribution in [0.1, 0.15) is 46.5 Å². The Balaban J connectivity index is 1.42. The molecule has 1 aromatic heterocycles. The molecule has 2 aliphatic carbocycles. The van der Waals surface area contributed by atoms with Crippen molar-refractivity contribution >= 4 is 17.2 Å². The Labute approximate surface area is 141 Å². The molecule has 3 nitrogen and oxygen atoms in total.